The molecule has 0 fully saturated rings. The number of imidazole rings is 1. The molecule has 0 saturated heterocycles. The molecule has 7 heteroatoms. The van der Waals surface area contributed by atoms with E-state index < -0.39 is 5.97 Å². The molecule has 1 amide bonds. The summed E-state index contributed by atoms with van der Waals surface area (Å²) in [4.78, 5) is 27.6. The summed E-state index contributed by atoms with van der Waals surface area (Å²) in [6.07, 6.45) is 2.79. The number of carbonyl (C=O) groups is 2. The predicted octanol–water partition coefficient (Wildman–Crippen LogP) is -0.759. The monoisotopic (exact) mass is 213 g/mol. The Labute approximate surface area is 85.5 Å². The van der Waals surface area contributed by atoms with Gasteiger partial charge in [0, 0.05) is 6.54 Å². The second-order valence-electron chi connectivity index (χ2n) is 2.67. The SMILES string of the molecule is O=C(O)COCCNC(=O)c1cnc[nH]1. The zero-order chi connectivity index (χ0) is 11.1. The van der Waals surface area contributed by atoms with E-state index in [1.54, 1.807) is 0 Å². The maximum absolute atomic E-state index is 11.2. The molecule has 0 atom stereocenters. The molecule has 1 heterocycles. The highest BCUT2D eigenvalue weighted by molar-refractivity contribution is 5.91. The fourth-order valence-corrected chi connectivity index (χ4v) is 0.871. The molecule has 1 rings (SSSR count). The highest BCUT2D eigenvalue weighted by atomic mass is 16.5. The van der Waals surface area contributed by atoms with Gasteiger partial charge in [0.1, 0.15) is 12.3 Å². The van der Waals surface area contributed by atoms with Crippen LogP contribution in [-0.4, -0.2) is 46.7 Å². The van der Waals surface area contributed by atoms with Crippen molar-refractivity contribution in [2.24, 2.45) is 0 Å². The molecule has 0 saturated carbocycles. The van der Waals surface area contributed by atoms with Gasteiger partial charge < -0.3 is 20.1 Å². The third-order valence-corrected chi connectivity index (χ3v) is 1.50. The number of nitrogens with zero attached hydrogens (tertiary/aromatic N) is 1. The summed E-state index contributed by atoms with van der Waals surface area (Å²) in [7, 11) is 0. The number of carboxylic acid groups (broad SMARTS) is 1. The Bertz CT molecular complexity index is 323. The smallest absolute Gasteiger partial charge is 0.329 e. The van der Waals surface area contributed by atoms with Crippen LogP contribution in [0.25, 0.3) is 0 Å². The van der Waals surface area contributed by atoms with Gasteiger partial charge in [-0.3, -0.25) is 4.79 Å². The summed E-state index contributed by atoms with van der Waals surface area (Å²) in [5, 5.41) is 10.8. The van der Waals surface area contributed by atoms with Gasteiger partial charge in [-0.25, -0.2) is 9.78 Å². The van der Waals surface area contributed by atoms with Gasteiger partial charge in [0.05, 0.1) is 19.1 Å². The molecule has 0 aliphatic heterocycles. The van der Waals surface area contributed by atoms with Gasteiger partial charge in [-0.2, -0.15) is 0 Å². The zero-order valence-corrected chi connectivity index (χ0v) is 7.90. The van der Waals surface area contributed by atoms with Crippen LogP contribution in [0.2, 0.25) is 0 Å². The van der Waals surface area contributed by atoms with Crippen LogP contribution in [0, 0.1) is 0 Å². The second-order valence-corrected chi connectivity index (χ2v) is 2.67. The van der Waals surface area contributed by atoms with E-state index in [1.165, 1.54) is 12.5 Å². The van der Waals surface area contributed by atoms with E-state index in [0.29, 0.717) is 5.69 Å². The predicted molar refractivity (Wildman–Crippen MR) is 49.4 cm³/mol. The number of aromatic nitrogens is 2. The van der Waals surface area contributed by atoms with E-state index in [0.717, 1.165) is 0 Å². The van der Waals surface area contributed by atoms with Crippen LogP contribution >= 0.6 is 0 Å². The van der Waals surface area contributed by atoms with Crippen LogP contribution in [-0.2, 0) is 9.53 Å². The largest absolute Gasteiger partial charge is 0.480 e. The number of aromatic amines is 1. The number of hydrogen-bond donors (Lipinski definition) is 3. The van der Waals surface area contributed by atoms with Crippen molar-refractivity contribution >= 4 is 11.9 Å². The first-order valence-corrected chi connectivity index (χ1v) is 4.26. The van der Waals surface area contributed by atoms with E-state index in [-0.39, 0.29) is 25.7 Å². The molecular formula is C8H11N3O4. The first-order chi connectivity index (χ1) is 7.20. The number of ether oxygens (including phenoxy) is 1. The van der Waals surface area contributed by atoms with Crippen LogP contribution in [0.5, 0.6) is 0 Å². The molecule has 0 spiro atoms. The van der Waals surface area contributed by atoms with Crippen molar-refractivity contribution in [3.63, 3.8) is 0 Å². The van der Waals surface area contributed by atoms with Crippen molar-refractivity contribution in [2.75, 3.05) is 19.8 Å². The molecule has 0 aliphatic rings. The number of carbonyl (C=O) groups excluding carboxylic acids is 1. The normalized spacial score (nSPS) is 9.87. The van der Waals surface area contributed by atoms with Gasteiger partial charge >= 0.3 is 5.97 Å². The van der Waals surface area contributed by atoms with Crippen LogP contribution < -0.4 is 5.32 Å². The van der Waals surface area contributed by atoms with Crippen molar-refractivity contribution in [1.29, 1.82) is 0 Å². The molecule has 3 N–H and O–H groups in total. The zero-order valence-electron chi connectivity index (χ0n) is 7.90. The summed E-state index contributed by atoms with van der Waals surface area (Å²) >= 11 is 0. The van der Waals surface area contributed by atoms with Gasteiger partial charge in [-0.05, 0) is 0 Å². The Balaban J connectivity index is 2.10. The average molecular weight is 213 g/mol. The molecule has 0 aliphatic carbocycles. The van der Waals surface area contributed by atoms with Gasteiger partial charge in [-0.15, -0.1) is 0 Å². The van der Waals surface area contributed by atoms with Crippen molar-refractivity contribution in [2.45, 2.75) is 0 Å². The first-order valence-electron chi connectivity index (χ1n) is 4.26. The highest BCUT2D eigenvalue weighted by Crippen LogP contribution is 1.89. The molecule has 0 unspecified atom stereocenters. The van der Waals surface area contributed by atoms with Crippen molar-refractivity contribution in [1.82, 2.24) is 15.3 Å². The Hall–Kier alpha value is -1.89. The second kappa shape index (κ2) is 5.76. The van der Waals surface area contributed by atoms with Crippen molar-refractivity contribution in [3.8, 4) is 0 Å². The van der Waals surface area contributed by atoms with E-state index in [1.807, 2.05) is 0 Å². The molecular weight excluding hydrogens is 202 g/mol. The minimum absolute atomic E-state index is 0.159. The fourth-order valence-electron chi connectivity index (χ4n) is 0.871. The van der Waals surface area contributed by atoms with E-state index >= 15 is 0 Å². The van der Waals surface area contributed by atoms with Crippen LogP contribution in [0.1, 0.15) is 10.5 Å². The lowest BCUT2D eigenvalue weighted by atomic mass is 10.4. The minimum atomic E-state index is -1.03. The Morgan fingerprint density at radius 3 is 3.00 bits per heavy atom. The van der Waals surface area contributed by atoms with Crippen LogP contribution in [0.15, 0.2) is 12.5 Å². The van der Waals surface area contributed by atoms with Crippen LogP contribution in [0.3, 0.4) is 0 Å². The number of nitrogens with one attached hydrogen (secondary N) is 2. The topological polar surface area (TPSA) is 104 Å². The van der Waals surface area contributed by atoms with E-state index in [4.69, 9.17) is 9.84 Å². The molecule has 1 aromatic heterocycles. The summed E-state index contributed by atoms with van der Waals surface area (Å²) in [5.74, 6) is -1.33. The lowest BCUT2D eigenvalue weighted by Gasteiger charge is -2.03. The Kier molecular flexibility index (Phi) is 4.30. The molecule has 7 nitrogen and oxygen atoms in total. The molecule has 1 aromatic rings. The Morgan fingerprint density at radius 1 is 1.60 bits per heavy atom. The maximum atomic E-state index is 11.2. The fraction of sp³-hybridized carbons (Fsp3) is 0.375. The number of aliphatic carboxylic acids is 1. The minimum Gasteiger partial charge on any atom is -0.480 e. The summed E-state index contributed by atoms with van der Waals surface area (Å²) in [5.41, 5.74) is 0.355. The van der Waals surface area contributed by atoms with E-state index in [2.05, 4.69) is 15.3 Å². The number of carboxylic acids is 1. The molecule has 0 radical (unpaired) electrons. The lowest BCUT2D eigenvalue weighted by Crippen LogP contribution is -2.28. The molecule has 82 valence electrons. The maximum Gasteiger partial charge on any atom is 0.329 e. The third kappa shape index (κ3) is 4.23. The number of rotatable bonds is 6. The molecule has 0 bridgehead atoms. The van der Waals surface area contributed by atoms with Crippen LogP contribution in [0.4, 0.5) is 0 Å². The van der Waals surface area contributed by atoms with Crippen molar-refractivity contribution < 1.29 is 19.4 Å². The van der Waals surface area contributed by atoms with Gasteiger partial charge in [-0.1, -0.05) is 0 Å². The number of hydrogen-bond acceptors (Lipinski definition) is 4. The lowest BCUT2D eigenvalue weighted by molar-refractivity contribution is -0.142. The average Bonchev–Trinajstić information content (AvgIpc) is 2.69. The third-order valence-electron chi connectivity index (χ3n) is 1.50. The highest BCUT2D eigenvalue weighted by Gasteiger charge is 2.05. The Morgan fingerprint density at radius 2 is 2.40 bits per heavy atom. The standard InChI is InChI=1S/C8H11N3O4/c12-7(13)4-15-2-1-10-8(14)6-3-9-5-11-6/h3,5H,1-2,4H2,(H,9,11)(H,10,14)(H,12,13). The summed E-state index contributed by atoms with van der Waals surface area (Å²) < 4.78 is 4.72. The van der Waals surface area contributed by atoms with Gasteiger partial charge in [0.15, 0.2) is 0 Å². The quantitative estimate of drug-likeness (QED) is 0.539. The first kappa shape index (κ1) is 11.2. The number of H-pyrrole nitrogens is 1. The van der Waals surface area contributed by atoms with Crippen molar-refractivity contribution in [3.05, 3.63) is 18.2 Å². The van der Waals surface area contributed by atoms with Gasteiger partial charge in [0.2, 0.25) is 0 Å². The number of amides is 1. The summed E-state index contributed by atoms with van der Waals surface area (Å²) in [6.45, 7) is 0.0528. The molecule has 15 heavy (non-hydrogen) atoms. The summed E-state index contributed by atoms with van der Waals surface area (Å²) in [6, 6.07) is 0. The van der Waals surface area contributed by atoms with Gasteiger partial charge in [0.25, 0.3) is 5.91 Å². The molecule has 0 aromatic carbocycles. The van der Waals surface area contributed by atoms with E-state index in [9.17, 15) is 9.59 Å².